The quantitative estimate of drug-likeness (QED) is 0.647. The highest BCUT2D eigenvalue weighted by molar-refractivity contribution is 5.74. The van der Waals surface area contributed by atoms with E-state index >= 15 is 0 Å². The second-order valence-electron chi connectivity index (χ2n) is 7.54. The van der Waals surface area contributed by atoms with Gasteiger partial charge in [-0.2, -0.15) is 5.10 Å². The summed E-state index contributed by atoms with van der Waals surface area (Å²) in [6.45, 7) is 6.52. The molecule has 28 heavy (non-hydrogen) atoms. The number of pyridine rings is 1. The number of rotatable bonds is 0. The van der Waals surface area contributed by atoms with Crippen molar-refractivity contribution in [3.05, 3.63) is 54.2 Å². The van der Waals surface area contributed by atoms with Crippen LogP contribution >= 0.6 is 0 Å². The Morgan fingerprint density at radius 3 is 2.96 bits per heavy atom. The first kappa shape index (κ1) is 17.0. The summed E-state index contributed by atoms with van der Waals surface area (Å²) in [5.41, 5.74) is 2.68. The Labute approximate surface area is 161 Å². The zero-order valence-electron chi connectivity index (χ0n) is 15.8. The van der Waals surface area contributed by atoms with Gasteiger partial charge in [-0.15, -0.1) is 0 Å². The molecule has 1 aliphatic heterocycles. The minimum absolute atomic E-state index is 0.0287. The first-order valence-electron chi connectivity index (χ1n) is 9.31. The molecule has 0 aromatic carbocycles. The minimum atomic E-state index is -0.377. The van der Waals surface area contributed by atoms with Crippen LogP contribution in [0.5, 0.6) is 5.88 Å². The second-order valence-corrected chi connectivity index (χ2v) is 7.54. The van der Waals surface area contributed by atoms with Gasteiger partial charge in [0.15, 0.2) is 5.65 Å². The molecule has 1 N–H and O–H groups in total. The molecule has 0 radical (unpaired) electrons. The van der Waals surface area contributed by atoms with E-state index in [2.05, 4.69) is 26.9 Å². The average Bonchev–Trinajstić information content (AvgIpc) is 3.38. The van der Waals surface area contributed by atoms with Crippen molar-refractivity contribution < 1.29 is 9.13 Å². The lowest BCUT2D eigenvalue weighted by Gasteiger charge is -2.30. The third-order valence-corrected chi connectivity index (χ3v) is 5.60. The molecule has 0 unspecified atom stereocenters. The Hall–Kier alpha value is -3.16. The number of halogens is 1. The second kappa shape index (κ2) is 5.92. The van der Waals surface area contributed by atoms with Crippen LogP contribution in [0.1, 0.15) is 30.9 Å². The fourth-order valence-corrected chi connectivity index (χ4v) is 3.88. The molecule has 1 spiro atoms. The number of aromatic nitrogens is 4. The molecule has 1 saturated carbocycles. The minimum Gasteiger partial charge on any atom is -0.475 e. The van der Waals surface area contributed by atoms with E-state index in [4.69, 9.17) is 9.72 Å². The van der Waals surface area contributed by atoms with Gasteiger partial charge in [-0.05, 0) is 31.9 Å². The van der Waals surface area contributed by atoms with Gasteiger partial charge >= 0.3 is 0 Å². The average molecular weight is 380 g/mol. The van der Waals surface area contributed by atoms with Crippen LogP contribution in [0.3, 0.4) is 0 Å². The van der Waals surface area contributed by atoms with Crippen molar-refractivity contribution in [3.8, 4) is 5.88 Å². The Balaban J connectivity index is 1.70. The van der Waals surface area contributed by atoms with E-state index in [1.54, 1.807) is 10.7 Å². The lowest BCUT2D eigenvalue weighted by Crippen LogP contribution is -2.34. The molecule has 3 aromatic heterocycles. The third kappa shape index (κ3) is 2.51. The maximum absolute atomic E-state index is 14.1. The van der Waals surface area contributed by atoms with Gasteiger partial charge in [0.2, 0.25) is 5.88 Å². The van der Waals surface area contributed by atoms with Gasteiger partial charge in [0.25, 0.3) is 0 Å². The molecule has 4 heterocycles. The summed E-state index contributed by atoms with van der Waals surface area (Å²) in [5, 5.41) is 7.71. The highest BCUT2D eigenvalue weighted by Gasteiger charge is 2.51. The molecule has 5 rings (SSSR count). The van der Waals surface area contributed by atoms with Crippen molar-refractivity contribution in [3.63, 3.8) is 0 Å². The third-order valence-electron chi connectivity index (χ3n) is 5.60. The van der Waals surface area contributed by atoms with Crippen LogP contribution in [-0.2, 0) is 5.54 Å². The van der Waals surface area contributed by atoms with Crippen molar-refractivity contribution in [2.24, 2.45) is 0 Å². The summed E-state index contributed by atoms with van der Waals surface area (Å²) in [5.74, 6) is 0.878. The van der Waals surface area contributed by atoms with E-state index in [1.165, 1.54) is 12.3 Å². The smallest absolute Gasteiger partial charge is 0.219 e. The maximum atomic E-state index is 14.1. The molecule has 1 aliphatic carbocycles. The molecule has 3 aromatic rings. The zero-order chi connectivity index (χ0) is 19.5. The standard InChI is InChI=1S/C20H21FN6O/c1-12-11-28-19-16(8-14(21)9-22-19)20(5-6-20)26(3)17-4-7-27-18(25-17)15(10-23-27)13(2)24-12/h4,7-10,12,24H,2,5-6,11H2,1,3H3/t12-/m0/s1. The zero-order valence-corrected chi connectivity index (χ0v) is 15.8. The first-order chi connectivity index (χ1) is 13.5. The van der Waals surface area contributed by atoms with Crippen molar-refractivity contribution in [1.29, 1.82) is 0 Å². The number of nitrogens with one attached hydrogen (secondary N) is 1. The summed E-state index contributed by atoms with van der Waals surface area (Å²) in [6.07, 6.45) is 6.60. The fraction of sp³-hybridized carbons (Fsp3) is 0.350. The molecule has 2 bridgehead atoms. The van der Waals surface area contributed by atoms with Crippen molar-refractivity contribution in [1.82, 2.24) is 24.9 Å². The van der Waals surface area contributed by atoms with Gasteiger partial charge in [0, 0.05) is 24.5 Å². The van der Waals surface area contributed by atoms with Crippen molar-refractivity contribution in [2.75, 3.05) is 18.6 Å². The molecule has 1 fully saturated rings. The van der Waals surface area contributed by atoms with Gasteiger partial charge in [0.1, 0.15) is 18.2 Å². The SMILES string of the molecule is C=C1N[C@@H](C)COc2ncc(F)cc2C2(CC2)N(C)c2ccn3ncc1c3n2. The number of hydrogen-bond donors (Lipinski definition) is 1. The molecular weight excluding hydrogens is 359 g/mol. The topological polar surface area (TPSA) is 67.6 Å². The lowest BCUT2D eigenvalue weighted by molar-refractivity contribution is 0.269. The molecule has 8 heteroatoms. The van der Waals surface area contributed by atoms with Crippen LogP contribution in [0, 0.1) is 5.82 Å². The van der Waals surface area contributed by atoms with Gasteiger partial charge in [-0.1, -0.05) is 6.58 Å². The molecule has 1 atom stereocenters. The summed E-state index contributed by atoms with van der Waals surface area (Å²) in [7, 11) is 1.98. The van der Waals surface area contributed by atoms with Crippen LogP contribution in [0.4, 0.5) is 10.2 Å². The lowest BCUT2D eigenvalue weighted by atomic mass is 10.0. The van der Waals surface area contributed by atoms with E-state index in [0.717, 1.165) is 41.1 Å². The van der Waals surface area contributed by atoms with Crippen molar-refractivity contribution in [2.45, 2.75) is 31.3 Å². The highest BCUT2D eigenvalue weighted by atomic mass is 19.1. The number of fused-ring (bicyclic) bond motifs is 3. The van der Waals surface area contributed by atoms with Crippen LogP contribution in [0.2, 0.25) is 0 Å². The number of anilines is 1. The van der Waals surface area contributed by atoms with E-state index in [-0.39, 0.29) is 17.4 Å². The van der Waals surface area contributed by atoms with Crippen LogP contribution in [0.25, 0.3) is 11.3 Å². The largest absolute Gasteiger partial charge is 0.475 e. The van der Waals surface area contributed by atoms with E-state index < -0.39 is 0 Å². The summed E-state index contributed by atoms with van der Waals surface area (Å²) in [4.78, 5) is 11.2. The monoisotopic (exact) mass is 380 g/mol. The number of nitrogens with zero attached hydrogens (tertiary/aromatic N) is 5. The van der Waals surface area contributed by atoms with E-state index in [9.17, 15) is 4.39 Å². The fourth-order valence-electron chi connectivity index (χ4n) is 3.88. The number of ether oxygens (including phenoxy) is 1. The Kier molecular flexibility index (Phi) is 3.59. The number of hydrogen-bond acceptors (Lipinski definition) is 6. The van der Waals surface area contributed by atoms with Gasteiger partial charge in [0.05, 0.1) is 29.5 Å². The first-order valence-corrected chi connectivity index (χ1v) is 9.31. The Morgan fingerprint density at radius 2 is 2.18 bits per heavy atom. The predicted octanol–water partition coefficient (Wildman–Crippen LogP) is 2.73. The molecule has 144 valence electrons. The van der Waals surface area contributed by atoms with Crippen LogP contribution in [-0.4, -0.2) is 39.3 Å². The molecule has 2 aliphatic rings. The summed E-state index contributed by atoms with van der Waals surface area (Å²) in [6, 6.07) is 3.42. The molecule has 0 amide bonds. The van der Waals surface area contributed by atoms with Crippen molar-refractivity contribution >= 4 is 17.2 Å². The van der Waals surface area contributed by atoms with Gasteiger partial charge in [-0.25, -0.2) is 18.9 Å². The summed E-state index contributed by atoms with van der Waals surface area (Å²) >= 11 is 0. The molecular formula is C20H21FN6O. The maximum Gasteiger partial charge on any atom is 0.219 e. The normalized spacial score (nSPS) is 20.8. The van der Waals surface area contributed by atoms with Gasteiger partial charge in [-0.3, -0.25) is 0 Å². The molecule has 7 nitrogen and oxygen atoms in total. The van der Waals surface area contributed by atoms with E-state index in [0.29, 0.717) is 12.5 Å². The van der Waals surface area contributed by atoms with Crippen LogP contribution in [0.15, 0.2) is 37.3 Å². The summed E-state index contributed by atoms with van der Waals surface area (Å²) < 4.78 is 21.8. The molecule has 0 saturated heterocycles. The van der Waals surface area contributed by atoms with E-state index in [1.807, 2.05) is 26.2 Å². The Bertz CT molecular complexity index is 1090. The highest BCUT2D eigenvalue weighted by Crippen LogP contribution is 2.54. The Morgan fingerprint density at radius 1 is 1.36 bits per heavy atom. The van der Waals surface area contributed by atoms with Crippen LogP contribution < -0.4 is 15.0 Å². The van der Waals surface area contributed by atoms with Gasteiger partial charge < -0.3 is 15.0 Å². The predicted molar refractivity (Wildman–Crippen MR) is 104 cm³/mol.